The Morgan fingerprint density at radius 3 is 2.82 bits per heavy atom. The van der Waals surface area contributed by atoms with Crippen LogP contribution in [0.4, 0.5) is 0 Å². The van der Waals surface area contributed by atoms with Crippen LogP contribution in [0.5, 0.6) is 0 Å². The van der Waals surface area contributed by atoms with Gasteiger partial charge in [0.15, 0.2) is 0 Å². The number of imidazole rings is 1. The molecule has 2 nitrogen and oxygen atoms in total. The lowest BCUT2D eigenvalue weighted by atomic mass is 10.3. The highest BCUT2D eigenvalue weighted by Gasteiger charge is 2.00. The van der Waals surface area contributed by atoms with E-state index in [1.165, 1.54) is 18.5 Å². The maximum Gasteiger partial charge on any atom is 0.241 e. The number of nitrogens with zero attached hydrogens (tertiary/aromatic N) is 1. The lowest BCUT2D eigenvalue weighted by Gasteiger charge is -1.90. The minimum atomic E-state index is 1.10. The zero-order valence-corrected chi connectivity index (χ0v) is 7.43. The zero-order chi connectivity index (χ0) is 8.10. The maximum absolute atomic E-state index is 3.23. The van der Waals surface area contributed by atoms with E-state index >= 15 is 0 Å². The van der Waals surface area contributed by atoms with Crippen LogP contribution < -0.4 is 4.57 Å². The Morgan fingerprint density at radius 1 is 1.45 bits per heavy atom. The Morgan fingerprint density at radius 2 is 2.27 bits per heavy atom. The Labute approximate surface area is 68.3 Å². The first-order chi connectivity index (χ1) is 5.36. The Bertz CT molecular complexity index is 203. The topological polar surface area (TPSA) is 19.7 Å². The summed E-state index contributed by atoms with van der Waals surface area (Å²) in [6.07, 6.45) is 7.87. The van der Waals surface area contributed by atoms with Crippen molar-refractivity contribution in [3.8, 4) is 0 Å². The van der Waals surface area contributed by atoms with Crippen molar-refractivity contribution in [3.05, 3.63) is 18.2 Å². The highest BCUT2D eigenvalue weighted by molar-refractivity contribution is 4.87. The molecule has 2 heteroatoms. The smallest absolute Gasteiger partial charge is 0.241 e. The van der Waals surface area contributed by atoms with Crippen molar-refractivity contribution in [1.29, 1.82) is 0 Å². The van der Waals surface area contributed by atoms with Gasteiger partial charge >= 0.3 is 0 Å². The third-order valence-electron chi connectivity index (χ3n) is 1.89. The number of hydrogen-bond acceptors (Lipinski definition) is 0. The fourth-order valence-electron chi connectivity index (χ4n) is 1.10. The van der Waals surface area contributed by atoms with Gasteiger partial charge in [-0.15, -0.1) is 0 Å². The van der Waals surface area contributed by atoms with Crippen LogP contribution >= 0.6 is 0 Å². The van der Waals surface area contributed by atoms with Gasteiger partial charge in [0.25, 0.3) is 0 Å². The average molecular weight is 153 g/mol. The van der Waals surface area contributed by atoms with Gasteiger partial charge in [0.1, 0.15) is 11.9 Å². The van der Waals surface area contributed by atoms with E-state index in [2.05, 4.69) is 35.9 Å². The molecular formula is C9H17N2+. The molecule has 0 aromatic carbocycles. The molecule has 11 heavy (non-hydrogen) atoms. The predicted octanol–water partition coefficient (Wildman–Crippen LogP) is 1.66. The van der Waals surface area contributed by atoms with Gasteiger partial charge < -0.3 is 0 Å². The van der Waals surface area contributed by atoms with E-state index in [1.807, 2.05) is 0 Å². The third-order valence-corrected chi connectivity index (χ3v) is 1.89. The molecule has 0 unspecified atom stereocenters. The van der Waals surface area contributed by atoms with E-state index in [9.17, 15) is 0 Å². The Balaban J connectivity index is 2.44. The summed E-state index contributed by atoms with van der Waals surface area (Å²) in [6, 6.07) is 0. The summed E-state index contributed by atoms with van der Waals surface area (Å²) in [5.74, 6) is 0. The average Bonchev–Trinajstić information content (AvgIpc) is 2.48. The van der Waals surface area contributed by atoms with Crippen molar-refractivity contribution in [2.45, 2.75) is 39.7 Å². The molecular weight excluding hydrogens is 136 g/mol. The molecule has 62 valence electrons. The number of aromatic nitrogens is 2. The first-order valence-corrected chi connectivity index (χ1v) is 4.43. The number of aromatic amines is 1. The number of unbranched alkanes of at least 4 members (excludes halogenated alkanes) is 1. The fraction of sp³-hybridized carbons (Fsp3) is 0.667. The highest BCUT2D eigenvalue weighted by Crippen LogP contribution is 1.91. The van der Waals surface area contributed by atoms with Crippen LogP contribution in [-0.4, -0.2) is 4.98 Å². The second kappa shape index (κ2) is 4.16. The van der Waals surface area contributed by atoms with Gasteiger partial charge in [-0.05, 0) is 6.42 Å². The molecule has 0 radical (unpaired) electrons. The van der Waals surface area contributed by atoms with Crippen LogP contribution in [0.1, 0.15) is 32.4 Å². The molecule has 1 aromatic rings. The standard InChI is InChI=1S/C9H16N2/c1-3-5-6-11-7-9(4-2)10-8-11/h7-8H,3-6H2,1-2H3/p+1. The minimum absolute atomic E-state index is 1.10. The van der Waals surface area contributed by atoms with E-state index in [1.54, 1.807) is 0 Å². The van der Waals surface area contributed by atoms with E-state index < -0.39 is 0 Å². The lowest BCUT2D eigenvalue weighted by molar-refractivity contribution is -0.696. The molecule has 0 aliphatic rings. The first kappa shape index (κ1) is 8.31. The van der Waals surface area contributed by atoms with Gasteiger partial charge in [-0.25, -0.2) is 9.55 Å². The molecule has 0 aliphatic carbocycles. The largest absolute Gasteiger partial charge is 0.248 e. The van der Waals surface area contributed by atoms with Crippen LogP contribution in [0.25, 0.3) is 0 Å². The van der Waals surface area contributed by atoms with Gasteiger partial charge in [-0.3, -0.25) is 0 Å². The number of hydrogen-bond donors (Lipinski definition) is 1. The molecule has 1 rings (SSSR count). The van der Waals surface area contributed by atoms with E-state index in [0.29, 0.717) is 0 Å². The van der Waals surface area contributed by atoms with E-state index in [4.69, 9.17) is 0 Å². The van der Waals surface area contributed by atoms with Gasteiger partial charge in [-0.1, -0.05) is 20.3 Å². The van der Waals surface area contributed by atoms with Crippen LogP contribution in [-0.2, 0) is 13.0 Å². The molecule has 0 fully saturated rings. The van der Waals surface area contributed by atoms with Gasteiger partial charge in [0.05, 0.1) is 6.54 Å². The molecule has 0 aliphatic heterocycles. The Kier molecular flexibility index (Phi) is 3.14. The second-order valence-electron chi connectivity index (χ2n) is 2.87. The van der Waals surface area contributed by atoms with Gasteiger partial charge in [0.2, 0.25) is 6.33 Å². The molecule has 0 saturated heterocycles. The Hall–Kier alpha value is -0.790. The zero-order valence-electron chi connectivity index (χ0n) is 7.43. The lowest BCUT2D eigenvalue weighted by Crippen LogP contribution is -2.30. The highest BCUT2D eigenvalue weighted by atomic mass is 15.0. The van der Waals surface area contributed by atoms with Crippen LogP contribution in [0, 0.1) is 0 Å². The van der Waals surface area contributed by atoms with Crippen molar-refractivity contribution in [2.24, 2.45) is 0 Å². The monoisotopic (exact) mass is 153 g/mol. The molecule has 1 N–H and O–H groups in total. The summed E-state index contributed by atoms with van der Waals surface area (Å²) in [5.41, 5.74) is 1.32. The van der Waals surface area contributed by atoms with Crippen LogP contribution in [0.2, 0.25) is 0 Å². The number of rotatable bonds is 4. The van der Waals surface area contributed by atoms with Gasteiger partial charge in [0, 0.05) is 6.42 Å². The van der Waals surface area contributed by atoms with Crippen molar-refractivity contribution in [3.63, 3.8) is 0 Å². The normalized spacial score (nSPS) is 10.4. The van der Waals surface area contributed by atoms with Crippen molar-refractivity contribution in [1.82, 2.24) is 4.98 Å². The molecule has 0 amide bonds. The summed E-state index contributed by atoms with van der Waals surface area (Å²) >= 11 is 0. The van der Waals surface area contributed by atoms with E-state index in [0.717, 1.165) is 13.0 Å². The van der Waals surface area contributed by atoms with Crippen LogP contribution in [0.15, 0.2) is 12.5 Å². The number of aryl methyl sites for hydroxylation is 2. The van der Waals surface area contributed by atoms with E-state index in [-0.39, 0.29) is 0 Å². The second-order valence-corrected chi connectivity index (χ2v) is 2.87. The predicted molar refractivity (Wildman–Crippen MR) is 45.3 cm³/mol. The van der Waals surface area contributed by atoms with Crippen molar-refractivity contribution >= 4 is 0 Å². The SMILES string of the molecule is CCCC[n+]1c[nH]c(CC)c1. The molecule has 0 saturated carbocycles. The number of H-pyrrole nitrogens is 1. The van der Waals surface area contributed by atoms with Gasteiger partial charge in [-0.2, -0.15) is 0 Å². The summed E-state index contributed by atoms with van der Waals surface area (Å²) in [7, 11) is 0. The molecule has 1 heterocycles. The maximum atomic E-state index is 3.23. The quantitative estimate of drug-likeness (QED) is 0.635. The fourth-order valence-corrected chi connectivity index (χ4v) is 1.10. The molecule has 0 spiro atoms. The third kappa shape index (κ3) is 2.37. The van der Waals surface area contributed by atoms with Crippen LogP contribution in [0.3, 0.4) is 0 Å². The number of nitrogens with one attached hydrogen (secondary N) is 1. The minimum Gasteiger partial charge on any atom is -0.248 e. The molecule has 1 aromatic heterocycles. The summed E-state index contributed by atoms with van der Waals surface area (Å²) in [6.45, 7) is 5.52. The van der Waals surface area contributed by atoms with Crippen molar-refractivity contribution in [2.75, 3.05) is 0 Å². The van der Waals surface area contributed by atoms with Crippen molar-refractivity contribution < 1.29 is 4.57 Å². The summed E-state index contributed by atoms with van der Waals surface area (Å²) in [4.78, 5) is 3.23. The molecule has 0 bridgehead atoms. The molecule has 0 atom stereocenters. The first-order valence-electron chi connectivity index (χ1n) is 4.43. The summed E-state index contributed by atoms with van der Waals surface area (Å²) < 4.78 is 2.22. The summed E-state index contributed by atoms with van der Waals surface area (Å²) in [5, 5.41) is 0.